The van der Waals surface area contributed by atoms with Gasteiger partial charge in [0.25, 0.3) is 0 Å². The molecule has 2 atom stereocenters. The molecule has 2 unspecified atom stereocenters. The number of allylic oxidation sites excluding steroid dienone is 3. The molecule has 0 saturated carbocycles. The van der Waals surface area contributed by atoms with Crippen LogP contribution in [0.4, 0.5) is 0 Å². The Morgan fingerprint density at radius 3 is 2.92 bits per heavy atom. The number of fused-ring (bicyclic) bond motifs is 1. The van der Waals surface area contributed by atoms with Crippen molar-refractivity contribution in [2.45, 2.75) is 6.04 Å². The Labute approximate surface area is 73.4 Å². The lowest BCUT2D eigenvalue weighted by Crippen LogP contribution is -2.27. The van der Waals surface area contributed by atoms with Gasteiger partial charge in [-0.2, -0.15) is 0 Å². The molecule has 0 spiro atoms. The third-order valence-corrected chi connectivity index (χ3v) is 2.55. The molecule has 0 bridgehead atoms. The van der Waals surface area contributed by atoms with E-state index >= 15 is 0 Å². The Kier molecular flexibility index (Phi) is 1.65. The topological polar surface area (TPSA) is 3.24 Å². The van der Waals surface area contributed by atoms with Crippen molar-refractivity contribution in [1.29, 1.82) is 0 Å². The van der Waals surface area contributed by atoms with Gasteiger partial charge in [0.15, 0.2) is 0 Å². The van der Waals surface area contributed by atoms with Gasteiger partial charge in [0, 0.05) is 19.2 Å². The van der Waals surface area contributed by atoms with Crippen molar-refractivity contribution < 1.29 is 0 Å². The number of likely N-dealkylation sites (N-methyl/N-ethyl adjacent to an activating group) is 1. The van der Waals surface area contributed by atoms with Crippen LogP contribution in [0.25, 0.3) is 0 Å². The molecule has 1 heterocycles. The SMILES string of the molecule is C=CC1=CN(C)C2C=CC=CC12. The second-order valence-electron chi connectivity index (χ2n) is 3.28. The summed E-state index contributed by atoms with van der Waals surface area (Å²) in [5.74, 6) is 0.525. The summed E-state index contributed by atoms with van der Waals surface area (Å²) in [4.78, 5) is 2.24. The number of hydrogen-bond donors (Lipinski definition) is 0. The average molecular weight is 159 g/mol. The van der Waals surface area contributed by atoms with Crippen molar-refractivity contribution in [2.75, 3.05) is 7.05 Å². The first-order chi connectivity index (χ1) is 5.83. The number of rotatable bonds is 1. The summed E-state index contributed by atoms with van der Waals surface area (Å²) in [7, 11) is 2.11. The molecule has 0 N–H and O–H groups in total. The highest BCUT2D eigenvalue weighted by molar-refractivity contribution is 5.36. The van der Waals surface area contributed by atoms with Crippen LogP contribution in [0.3, 0.4) is 0 Å². The molecule has 1 aliphatic heterocycles. The molecule has 2 rings (SSSR count). The lowest BCUT2D eigenvalue weighted by Gasteiger charge is -2.23. The summed E-state index contributed by atoms with van der Waals surface area (Å²) in [5.41, 5.74) is 1.32. The monoisotopic (exact) mass is 159 g/mol. The Morgan fingerprint density at radius 2 is 2.17 bits per heavy atom. The highest BCUT2D eigenvalue weighted by Crippen LogP contribution is 2.31. The maximum Gasteiger partial charge on any atom is 0.0571 e. The molecular formula is C11H13N. The fourth-order valence-corrected chi connectivity index (χ4v) is 1.89. The fourth-order valence-electron chi connectivity index (χ4n) is 1.89. The van der Waals surface area contributed by atoms with E-state index in [-0.39, 0.29) is 0 Å². The smallest absolute Gasteiger partial charge is 0.0571 e. The van der Waals surface area contributed by atoms with Gasteiger partial charge in [0.1, 0.15) is 0 Å². The Hall–Kier alpha value is -1.24. The van der Waals surface area contributed by atoms with Crippen LogP contribution in [0.15, 0.2) is 48.7 Å². The fraction of sp³-hybridized carbons (Fsp3) is 0.273. The van der Waals surface area contributed by atoms with Crippen LogP contribution in [0.5, 0.6) is 0 Å². The van der Waals surface area contributed by atoms with E-state index in [9.17, 15) is 0 Å². The Morgan fingerprint density at radius 1 is 1.42 bits per heavy atom. The van der Waals surface area contributed by atoms with Gasteiger partial charge in [0.05, 0.1) is 6.04 Å². The van der Waals surface area contributed by atoms with E-state index in [0.717, 1.165) is 0 Å². The second kappa shape index (κ2) is 2.67. The molecule has 2 aliphatic rings. The van der Waals surface area contributed by atoms with Crippen molar-refractivity contribution in [1.82, 2.24) is 4.90 Å². The predicted octanol–water partition coefficient (Wildman–Crippen LogP) is 2.11. The van der Waals surface area contributed by atoms with Crippen LogP contribution >= 0.6 is 0 Å². The molecule has 62 valence electrons. The van der Waals surface area contributed by atoms with E-state index < -0.39 is 0 Å². The van der Waals surface area contributed by atoms with Gasteiger partial charge in [-0.25, -0.2) is 0 Å². The first-order valence-corrected chi connectivity index (χ1v) is 4.24. The minimum atomic E-state index is 0.517. The van der Waals surface area contributed by atoms with Crippen molar-refractivity contribution >= 4 is 0 Å². The highest BCUT2D eigenvalue weighted by atomic mass is 15.1. The van der Waals surface area contributed by atoms with Crippen LogP contribution < -0.4 is 0 Å². The van der Waals surface area contributed by atoms with Crippen LogP contribution in [-0.4, -0.2) is 18.0 Å². The van der Waals surface area contributed by atoms with Gasteiger partial charge < -0.3 is 4.90 Å². The first kappa shape index (κ1) is 7.41. The minimum absolute atomic E-state index is 0.517. The van der Waals surface area contributed by atoms with E-state index in [0.29, 0.717) is 12.0 Å². The summed E-state index contributed by atoms with van der Waals surface area (Å²) < 4.78 is 0. The lowest BCUT2D eigenvalue weighted by molar-refractivity contribution is 0.379. The molecule has 1 heteroatoms. The maximum atomic E-state index is 3.82. The minimum Gasteiger partial charge on any atom is -0.373 e. The summed E-state index contributed by atoms with van der Waals surface area (Å²) in [6, 6.07) is 0.517. The third-order valence-electron chi connectivity index (χ3n) is 2.55. The molecule has 0 aromatic heterocycles. The normalized spacial score (nSPS) is 31.8. The molecule has 0 aromatic rings. The average Bonchev–Trinajstić information content (AvgIpc) is 2.44. The molecule has 12 heavy (non-hydrogen) atoms. The van der Waals surface area contributed by atoms with Crippen molar-refractivity contribution in [2.24, 2.45) is 5.92 Å². The zero-order chi connectivity index (χ0) is 8.55. The number of nitrogens with zero attached hydrogens (tertiary/aromatic N) is 1. The third kappa shape index (κ3) is 0.934. The van der Waals surface area contributed by atoms with E-state index in [4.69, 9.17) is 0 Å². The van der Waals surface area contributed by atoms with Gasteiger partial charge in [-0.05, 0) is 5.57 Å². The first-order valence-electron chi connectivity index (χ1n) is 4.24. The zero-order valence-corrected chi connectivity index (χ0v) is 7.27. The van der Waals surface area contributed by atoms with Crippen LogP contribution in [0.2, 0.25) is 0 Å². The molecule has 0 fully saturated rings. The lowest BCUT2D eigenvalue weighted by atomic mass is 9.91. The summed E-state index contributed by atoms with van der Waals surface area (Å²) in [5, 5.41) is 0. The van der Waals surface area contributed by atoms with E-state index in [2.05, 4.69) is 49.0 Å². The highest BCUT2D eigenvalue weighted by Gasteiger charge is 2.28. The van der Waals surface area contributed by atoms with Crippen LogP contribution in [0, 0.1) is 5.92 Å². The van der Waals surface area contributed by atoms with E-state index in [1.165, 1.54) is 5.57 Å². The quantitative estimate of drug-likeness (QED) is 0.566. The van der Waals surface area contributed by atoms with Crippen LogP contribution in [-0.2, 0) is 0 Å². The standard InChI is InChI=1S/C11H13N/c1-3-9-8-12(2)11-7-5-4-6-10(9)11/h3-8,10-11H,1H2,2H3. The van der Waals surface area contributed by atoms with Gasteiger partial charge in [-0.15, -0.1) is 0 Å². The van der Waals surface area contributed by atoms with Crippen molar-refractivity contribution in [3.63, 3.8) is 0 Å². The second-order valence-corrected chi connectivity index (χ2v) is 3.28. The zero-order valence-electron chi connectivity index (χ0n) is 7.27. The van der Waals surface area contributed by atoms with Gasteiger partial charge in [-0.3, -0.25) is 0 Å². The summed E-state index contributed by atoms with van der Waals surface area (Å²) in [6.07, 6.45) is 12.8. The van der Waals surface area contributed by atoms with Crippen LogP contribution in [0.1, 0.15) is 0 Å². The molecule has 1 nitrogen and oxygen atoms in total. The molecular weight excluding hydrogens is 146 g/mol. The largest absolute Gasteiger partial charge is 0.373 e. The van der Waals surface area contributed by atoms with Gasteiger partial charge in [-0.1, -0.05) is 37.0 Å². The Bertz CT molecular complexity index is 283. The molecule has 1 aliphatic carbocycles. The molecule has 0 aromatic carbocycles. The summed E-state index contributed by atoms with van der Waals surface area (Å²) in [6.45, 7) is 3.82. The van der Waals surface area contributed by atoms with Gasteiger partial charge in [0.2, 0.25) is 0 Å². The van der Waals surface area contributed by atoms with Crippen molar-refractivity contribution in [3.8, 4) is 0 Å². The van der Waals surface area contributed by atoms with E-state index in [1.54, 1.807) is 0 Å². The maximum absolute atomic E-state index is 3.82. The molecule has 0 amide bonds. The molecule has 0 saturated heterocycles. The Balaban J connectivity index is 2.32. The van der Waals surface area contributed by atoms with Crippen molar-refractivity contribution in [3.05, 3.63) is 48.7 Å². The number of hydrogen-bond acceptors (Lipinski definition) is 1. The summed E-state index contributed by atoms with van der Waals surface area (Å²) >= 11 is 0. The predicted molar refractivity (Wildman–Crippen MR) is 51.6 cm³/mol. The van der Waals surface area contributed by atoms with E-state index in [1.807, 2.05) is 6.08 Å². The van der Waals surface area contributed by atoms with Gasteiger partial charge >= 0.3 is 0 Å². The molecule has 0 radical (unpaired) electrons.